The molecule has 0 heterocycles. The Morgan fingerprint density at radius 2 is 1.89 bits per heavy atom. The minimum atomic E-state index is 0.101. The van der Waals surface area contributed by atoms with Gasteiger partial charge in [0.1, 0.15) is 11.5 Å². The molecule has 1 amide bonds. The van der Waals surface area contributed by atoms with Gasteiger partial charge in [0.05, 0.1) is 13.7 Å². The number of hydrogen-bond acceptors (Lipinski definition) is 4. The summed E-state index contributed by atoms with van der Waals surface area (Å²) in [6.07, 6.45) is 1.17. The van der Waals surface area contributed by atoms with Crippen LogP contribution in [0, 0.1) is 0 Å². The number of hydrogen-bond donors (Lipinski definition) is 1. The zero-order valence-corrected chi connectivity index (χ0v) is 11.6. The summed E-state index contributed by atoms with van der Waals surface area (Å²) in [5.74, 6) is 1.68. The number of nitrogens with two attached hydrogens (primary N) is 1. The molecule has 0 radical (unpaired) electrons. The Bertz CT molecular complexity index is 379. The van der Waals surface area contributed by atoms with Gasteiger partial charge in [-0.25, -0.2) is 0 Å². The zero-order valence-electron chi connectivity index (χ0n) is 11.6. The lowest BCUT2D eigenvalue weighted by molar-refractivity contribution is -0.130. The molecule has 5 heteroatoms. The van der Waals surface area contributed by atoms with Gasteiger partial charge in [0, 0.05) is 26.6 Å². The van der Waals surface area contributed by atoms with Gasteiger partial charge in [0.15, 0.2) is 0 Å². The van der Waals surface area contributed by atoms with Crippen molar-refractivity contribution in [3.05, 3.63) is 24.3 Å². The predicted octanol–water partition coefficient (Wildman–Crippen LogP) is 1.27. The number of likely N-dealkylation sites (N-methyl/N-ethyl adjacent to an activating group) is 1. The lowest BCUT2D eigenvalue weighted by Gasteiger charge is -2.15. The van der Waals surface area contributed by atoms with Crippen LogP contribution in [0.1, 0.15) is 12.8 Å². The van der Waals surface area contributed by atoms with Crippen molar-refractivity contribution in [2.24, 2.45) is 5.73 Å². The van der Waals surface area contributed by atoms with Gasteiger partial charge in [-0.1, -0.05) is 0 Å². The second-order valence-electron chi connectivity index (χ2n) is 4.23. The fourth-order valence-corrected chi connectivity index (χ4v) is 1.59. The first-order valence-corrected chi connectivity index (χ1v) is 6.38. The molecule has 0 fully saturated rings. The normalized spacial score (nSPS) is 10.1. The number of amides is 1. The SMILES string of the molecule is COc1ccc(OCCCC(=O)N(C)CCN)cc1. The molecule has 0 aliphatic rings. The number of methoxy groups -OCH3 is 1. The van der Waals surface area contributed by atoms with Crippen LogP contribution in [0.2, 0.25) is 0 Å². The monoisotopic (exact) mass is 266 g/mol. The Morgan fingerprint density at radius 1 is 1.26 bits per heavy atom. The summed E-state index contributed by atoms with van der Waals surface area (Å²) >= 11 is 0. The number of carbonyl (C=O) groups is 1. The fraction of sp³-hybridized carbons (Fsp3) is 0.500. The van der Waals surface area contributed by atoms with Crippen LogP contribution >= 0.6 is 0 Å². The van der Waals surface area contributed by atoms with Gasteiger partial charge in [-0.05, 0) is 30.7 Å². The summed E-state index contributed by atoms with van der Waals surface area (Å²) in [5, 5.41) is 0. The number of nitrogens with zero attached hydrogens (tertiary/aromatic N) is 1. The minimum Gasteiger partial charge on any atom is -0.497 e. The Morgan fingerprint density at radius 3 is 2.47 bits per heavy atom. The van der Waals surface area contributed by atoms with E-state index in [1.54, 1.807) is 19.1 Å². The number of rotatable bonds is 8. The number of ether oxygens (including phenoxy) is 2. The third-order valence-electron chi connectivity index (χ3n) is 2.75. The van der Waals surface area contributed by atoms with E-state index in [2.05, 4.69) is 0 Å². The van der Waals surface area contributed by atoms with Gasteiger partial charge in [-0.15, -0.1) is 0 Å². The molecular weight excluding hydrogens is 244 g/mol. The highest BCUT2D eigenvalue weighted by Gasteiger charge is 2.07. The average Bonchev–Trinajstić information content (AvgIpc) is 2.44. The van der Waals surface area contributed by atoms with Crippen molar-refractivity contribution in [1.29, 1.82) is 0 Å². The molecule has 1 aromatic rings. The van der Waals surface area contributed by atoms with Crippen molar-refractivity contribution in [1.82, 2.24) is 4.90 Å². The van der Waals surface area contributed by atoms with Gasteiger partial charge in [-0.3, -0.25) is 4.79 Å². The van der Waals surface area contributed by atoms with Gasteiger partial charge in [0.25, 0.3) is 0 Å². The largest absolute Gasteiger partial charge is 0.497 e. The predicted molar refractivity (Wildman–Crippen MR) is 74.4 cm³/mol. The first-order chi connectivity index (χ1) is 9.17. The number of carbonyl (C=O) groups excluding carboxylic acids is 1. The van der Waals surface area contributed by atoms with Crippen molar-refractivity contribution in [2.75, 3.05) is 33.9 Å². The molecule has 19 heavy (non-hydrogen) atoms. The molecule has 0 aliphatic carbocycles. The standard InChI is InChI=1S/C14H22N2O3/c1-16(10-9-15)14(17)4-3-11-19-13-7-5-12(18-2)6-8-13/h5-8H,3-4,9-11,15H2,1-2H3. The summed E-state index contributed by atoms with van der Waals surface area (Å²) in [4.78, 5) is 13.3. The van der Waals surface area contributed by atoms with Gasteiger partial charge < -0.3 is 20.1 Å². The van der Waals surface area contributed by atoms with Gasteiger partial charge >= 0.3 is 0 Å². The Hall–Kier alpha value is -1.75. The average molecular weight is 266 g/mol. The molecule has 0 atom stereocenters. The first-order valence-electron chi connectivity index (χ1n) is 6.38. The summed E-state index contributed by atoms with van der Waals surface area (Å²) < 4.78 is 10.6. The Kier molecular flexibility index (Phi) is 6.74. The Balaban J connectivity index is 2.21. The molecule has 106 valence electrons. The lowest BCUT2D eigenvalue weighted by atomic mass is 10.3. The molecule has 0 saturated carbocycles. The van der Waals surface area contributed by atoms with Crippen LogP contribution < -0.4 is 15.2 Å². The van der Waals surface area contributed by atoms with Gasteiger partial charge in [-0.2, -0.15) is 0 Å². The molecule has 0 aliphatic heterocycles. The van der Waals surface area contributed by atoms with Crippen molar-refractivity contribution >= 4 is 5.91 Å². The van der Waals surface area contributed by atoms with Crippen LogP contribution in [-0.2, 0) is 4.79 Å². The Labute approximate surface area is 114 Å². The maximum Gasteiger partial charge on any atom is 0.222 e. The molecule has 0 spiro atoms. The van der Waals surface area contributed by atoms with Crippen LogP contribution in [0.4, 0.5) is 0 Å². The summed E-state index contributed by atoms with van der Waals surface area (Å²) in [7, 11) is 3.39. The molecule has 0 saturated heterocycles. The first kappa shape index (κ1) is 15.3. The maximum atomic E-state index is 11.6. The number of benzene rings is 1. The van der Waals surface area contributed by atoms with Crippen LogP contribution in [0.25, 0.3) is 0 Å². The minimum absolute atomic E-state index is 0.101. The maximum absolute atomic E-state index is 11.6. The van der Waals surface area contributed by atoms with E-state index >= 15 is 0 Å². The second-order valence-corrected chi connectivity index (χ2v) is 4.23. The molecule has 5 nitrogen and oxygen atoms in total. The van der Waals surface area contributed by atoms with E-state index in [9.17, 15) is 4.79 Å². The quantitative estimate of drug-likeness (QED) is 0.720. The van der Waals surface area contributed by atoms with Crippen LogP contribution in [0.5, 0.6) is 11.5 Å². The molecule has 1 aromatic carbocycles. The van der Waals surface area contributed by atoms with E-state index in [4.69, 9.17) is 15.2 Å². The second kappa shape index (κ2) is 8.37. The smallest absolute Gasteiger partial charge is 0.222 e. The van der Waals surface area contributed by atoms with Crippen LogP contribution in [0.15, 0.2) is 24.3 Å². The third-order valence-corrected chi connectivity index (χ3v) is 2.75. The molecular formula is C14H22N2O3. The lowest BCUT2D eigenvalue weighted by Crippen LogP contribution is -2.31. The van der Waals surface area contributed by atoms with E-state index in [1.807, 2.05) is 24.3 Å². The molecule has 1 rings (SSSR count). The molecule has 0 bridgehead atoms. The highest BCUT2D eigenvalue weighted by molar-refractivity contribution is 5.75. The fourth-order valence-electron chi connectivity index (χ4n) is 1.59. The van der Waals surface area contributed by atoms with Crippen molar-refractivity contribution < 1.29 is 14.3 Å². The topological polar surface area (TPSA) is 64.8 Å². The zero-order chi connectivity index (χ0) is 14.1. The van der Waals surface area contributed by atoms with E-state index in [0.29, 0.717) is 32.5 Å². The van der Waals surface area contributed by atoms with Crippen molar-refractivity contribution in [2.45, 2.75) is 12.8 Å². The van der Waals surface area contributed by atoms with E-state index in [1.165, 1.54) is 0 Å². The van der Waals surface area contributed by atoms with Crippen molar-refractivity contribution in [3.8, 4) is 11.5 Å². The van der Waals surface area contributed by atoms with Gasteiger partial charge in [0.2, 0.25) is 5.91 Å². The van der Waals surface area contributed by atoms with Crippen LogP contribution in [-0.4, -0.2) is 44.7 Å². The summed E-state index contributed by atoms with van der Waals surface area (Å²) in [6, 6.07) is 7.38. The van der Waals surface area contributed by atoms with Crippen molar-refractivity contribution in [3.63, 3.8) is 0 Å². The summed E-state index contributed by atoms with van der Waals surface area (Å²) in [5.41, 5.74) is 5.39. The van der Waals surface area contributed by atoms with E-state index in [-0.39, 0.29) is 5.91 Å². The van der Waals surface area contributed by atoms with E-state index < -0.39 is 0 Å². The molecule has 2 N–H and O–H groups in total. The molecule has 0 unspecified atom stereocenters. The molecule has 0 aromatic heterocycles. The van der Waals surface area contributed by atoms with E-state index in [0.717, 1.165) is 11.5 Å². The third kappa shape index (κ3) is 5.61. The van der Waals surface area contributed by atoms with Crippen LogP contribution in [0.3, 0.4) is 0 Å². The summed E-state index contributed by atoms with van der Waals surface area (Å²) in [6.45, 7) is 1.61. The highest BCUT2D eigenvalue weighted by Crippen LogP contribution is 2.17. The highest BCUT2D eigenvalue weighted by atomic mass is 16.5.